The van der Waals surface area contributed by atoms with Gasteiger partial charge in [0.1, 0.15) is 0 Å². The molecular formula is C16H9ClF3N3O2. The minimum atomic E-state index is -4.62. The predicted octanol–water partition coefficient (Wildman–Crippen LogP) is 4.50. The van der Waals surface area contributed by atoms with Gasteiger partial charge in [0.25, 0.3) is 5.24 Å². The highest BCUT2D eigenvalue weighted by molar-refractivity contribution is 6.67. The number of rotatable bonds is 3. The second kappa shape index (κ2) is 6.29. The number of nitrogens with zero attached hydrogens (tertiary/aromatic N) is 3. The van der Waals surface area contributed by atoms with Gasteiger partial charge in [0.05, 0.1) is 16.8 Å². The second-order valence-corrected chi connectivity index (χ2v) is 5.44. The number of carbonyl (C=O) groups excluding carboxylic acids is 1. The van der Waals surface area contributed by atoms with Crippen molar-refractivity contribution in [3.8, 4) is 22.6 Å². The Kier molecular flexibility index (Phi) is 4.30. The number of aryl methyl sites for hydroxylation is 1. The topological polar surface area (TPSA) is 68.9 Å². The molecule has 2 heterocycles. The van der Waals surface area contributed by atoms with Gasteiger partial charge in [-0.1, -0.05) is 17.3 Å². The average molecular weight is 368 g/mol. The van der Waals surface area contributed by atoms with Crippen molar-refractivity contribution in [2.75, 3.05) is 0 Å². The molecule has 5 nitrogen and oxygen atoms in total. The predicted molar refractivity (Wildman–Crippen MR) is 82.9 cm³/mol. The van der Waals surface area contributed by atoms with E-state index in [4.69, 9.17) is 16.1 Å². The highest BCUT2D eigenvalue weighted by Gasteiger charge is 2.34. The lowest BCUT2D eigenvalue weighted by atomic mass is 10.00. The molecule has 0 aliphatic heterocycles. The monoisotopic (exact) mass is 367 g/mol. The Morgan fingerprint density at radius 1 is 1.20 bits per heavy atom. The fourth-order valence-electron chi connectivity index (χ4n) is 2.23. The van der Waals surface area contributed by atoms with Crippen LogP contribution < -0.4 is 0 Å². The van der Waals surface area contributed by atoms with Crippen LogP contribution in [0.5, 0.6) is 0 Å². The average Bonchev–Trinajstić information content (AvgIpc) is 3.00. The van der Waals surface area contributed by atoms with Crippen LogP contribution in [-0.4, -0.2) is 20.4 Å². The third-order valence-corrected chi connectivity index (χ3v) is 3.60. The summed E-state index contributed by atoms with van der Waals surface area (Å²) in [6.45, 7) is 1.54. The zero-order valence-corrected chi connectivity index (χ0v) is 13.4. The lowest BCUT2D eigenvalue weighted by molar-refractivity contribution is -0.137. The van der Waals surface area contributed by atoms with Crippen LogP contribution in [0.15, 0.2) is 41.1 Å². The van der Waals surface area contributed by atoms with E-state index in [9.17, 15) is 18.0 Å². The van der Waals surface area contributed by atoms with E-state index in [2.05, 4.69) is 15.1 Å². The molecule has 0 saturated heterocycles. The lowest BCUT2D eigenvalue weighted by Crippen LogP contribution is -2.08. The first-order valence-electron chi connectivity index (χ1n) is 6.94. The van der Waals surface area contributed by atoms with E-state index in [0.717, 1.165) is 12.3 Å². The fraction of sp³-hybridized carbons (Fsp3) is 0.125. The van der Waals surface area contributed by atoms with Crippen molar-refractivity contribution in [2.45, 2.75) is 13.1 Å². The van der Waals surface area contributed by atoms with Crippen molar-refractivity contribution < 1.29 is 22.5 Å². The standard InChI is InChI=1S/C16H9ClF3N3O2/c1-8-22-15(23-25-8)9-2-4-11(12(6-9)16(18,19)20)13-5-3-10(7-21-13)14(17)24/h2-7H,1H3. The maximum absolute atomic E-state index is 13.5. The van der Waals surface area contributed by atoms with Gasteiger partial charge >= 0.3 is 6.18 Å². The van der Waals surface area contributed by atoms with Crippen molar-refractivity contribution >= 4 is 16.8 Å². The molecule has 2 aromatic heterocycles. The first-order chi connectivity index (χ1) is 11.8. The molecule has 0 aliphatic rings. The maximum atomic E-state index is 13.5. The summed E-state index contributed by atoms with van der Waals surface area (Å²) in [6, 6.07) is 6.26. The van der Waals surface area contributed by atoms with Crippen LogP contribution in [0.3, 0.4) is 0 Å². The molecule has 0 saturated carbocycles. The van der Waals surface area contributed by atoms with Crippen LogP contribution in [0.1, 0.15) is 21.8 Å². The summed E-state index contributed by atoms with van der Waals surface area (Å²) in [5.41, 5.74) is -0.710. The number of aromatic nitrogens is 3. The molecule has 0 spiro atoms. The minimum absolute atomic E-state index is 0.0600. The van der Waals surface area contributed by atoms with Gasteiger partial charge in [0.2, 0.25) is 11.7 Å². The Labute approximate surface area is 144 Å². The van der Waals surface area contributed by atoms with Gasteiger partial charge in [0.15, 0.2) is 0 Å². The van der Waals surface area contributed by atoms with Crippen molar-refractivity contribution in [1.29, 1.82) is 0 Å². The van der Waals surface area contributed by atoms with E-state index in [1.807, 2.05) is 0 Å². The van der Waals surface area contributed by atoms with Crippen molar-refractivity contribution in [3.05, 3.63) is 53.5 Å². The van der Waals surface area contributed by atoms with Crippen molar-refractivity contribution in [2.24, 2.45) is 0 Å². The minimum Gasteiger partial charge on any atom is -0.339 e. The Morgan fingerprint density at radius 3 is 2.48 bits per heavy atom. The lowest BCUT2D eigenvalue weighted by Gasteiger charge is -2.13. The molecule has 9 heteroatoms. The number of halogens is 4. The summed E-state index contributed by atoms with van der Waals surface area (Å²) in [4.78, 5) is 18.9. The van der Waals surface area contributed by atoms with Crippen molar-refractivity contribution in [1.82, 2.24) is 15.1 Å². The Balaban J connectivity index is 2.11. The quantitative estimate of drug-likeness (QED) is 0.637. The largest absolute Gasteiger partial charge is 0.417 e. The number of carbonyl (C=O) groups is 1. The summed E-state index contributed by atoms with van der Waals surface area (Å²) in [6.07, 6.45) is -3.49. The van der Waals surface area contributed by atoms with Crippen molar-refractivity contribution in [3.63, 3.8) is 0 Å². The van der Waals surface area contributed by atoms with E-state index in [1.54, 1.807) is 6.92 Å². The molecule has 3 rings (SSSR count). The molecule has 0 aliphatic carbocycles. The maximum Gasteiger partial charge on any atom is 0.417 e. The highest BCUT2D eigenvalue weighted by atomic mass is 35.5. The molecule has 25 heavy (non-hydrogen) atoms. The molecule has 3 aromatic rings. The van der Waals surface area contributed by atoms with E-state index >= 15 is 0 Å². The van der Waals surface area contributed by atoms with Crippen LogP contribution in [-0.2, 0) is 6.18 Å². The summed E-state index contributed by atoms with van der Waals surface area (Å²) in [7, 11) is 0. The molecular weight excluding hydrogens is 359 g/mol. The highest BCUT2D eigenvalue weighted by Crippen LogP contribution is 2.38. The number of pyridine rings is 1. The van der Waals surface area contributed by atoms with Gasteiger partial charge < -0.3 is 4.52 Å². The summed E-state index contributed by atoms with van der Waals surface area (Å²) in [5, 5.41) is 2.88. The van der Waals surface area contributed by atoms with E-state index in [-0.39, 0.29) is 34.1 Å². The van der Waals surface area contributed by atoms with Gasteiger partial charge in [-0.3, -0.25) is 9.78 Å². The van der Waals surface area contributed by atoms with Crippen LogP contribution in [0, 0.1) is 6.92 Å². The summed E-state index contributed by atoms with van der Waals surface area (Å²) >= 11 is 5.31. The number of alkyl halides is 3. The first-order valence-corrected chi connectivity index (χ1v) is 7.31. The fourth-order valence-corrected chi connectivity index (χ4v) is 2.34. The van der Waals surface area contributed by atoms with Crippen LogP contribution >= 0.6 is 11.6 Å². The summed E-state index contributed by atoms with van der Waals surface area (Å²) < 4.78 is 45.2. The van der Waals surface area contributed by atoms with Crippen LogP contribution in [0.4, 0.5) is 13.2 Å². The number of hydrogen-bond acceptors (Lipinski definition) is 5. The molecule has 0 atom stereocenters. The van der Waals surface area contributed by atoms with E-state index < -0.39 is 17.0 Å². The Bertz CT molecular complexity index is 937. The summed E-state index contributed by atoms with van der Waals surface area (Å²) in [5.74, 6) is 0.307. The third kappa shape index (κ3) is 3.53. The van der Waals surface area contributed by atoms with Gasteiger partial charge in [-0.2, -0.15) is 18.2 Å². The third-order valence-electron chi connectivity index (χ3n) is 3.38. The first kappa shape index (κ1) is 17.1. The zero-order valence-electron chi connectivity index (χ0n) is 12.6. The zero-order chi connectivity index (χ0) is 18.2. The van der Waals surface area contributed by atoms with Crippen LogP contribution in [0.25, 0.3) is 22.6 Å². The van der Waals surface area contributed by atoms with Gasteiger partial charge in [-0.25, -0.2) is 0 Å². The van der Waals surface area contributed by atoms with Crippen LogP contribution in [0.2, 0.25) is 0 Å². The number of hydrogen-bond donors (Lipinski definition) is 0. The molecule has 0 amide bonds. The van der Waals surface area contributed by atoms with E-state index in [1.165, 1.54) is 24.3 Å². The normalized spacial score (nSPS) is 11.6. The SMILES string of the molecule is Cc1nc(-c2ccc(-c3ccc(C(=O)Cl)cn3)c(C(F)(F)F)c2)no1. The molecule has 128 valence electrons. The smallest absolute Gasteiger partial charge is 0.339 e. The van der Waals surface area contributed by atoms with Gasteiger partial charge in [-0.15, -0.1) is 0 Å². The van der Waals surface area contributed by atoms with Gasteiger partial charge in [0, 0.05) is 24.2 Å². The van der Waals surface area contributed by atoms with Gasteiger partial charge in [-0.05, 0) is 29.8 Å². The molecule has 0 fully saturated rings. The Hall–Kier alpha value is -2.74. The number of benzene rings is 1. The molecule has 0 unspecified atom stereocenters. The molecule has 0 bridgehead atoms. The molecule has 0 N–H and O–H groups in total. The second-order valence-electron chi connectivity index (χ2n) is 5.10. The Morgan fingerprint density at radius 2 is 1.96 bits per heavy atom. The molecule has 0 radical (unpaired) electrons. The molecule has 1 aromatic carbocycles. The van der Waals surface area contributed by atoms with E-state index in [0.29, 0.717) is 0 Å².